The molecule has 0 amide bonds. The molecule has 0 saturated carbocycles. The van der Waals surface area contributed by atoms with Gasteiger partial charge in [0.25, 0.3) is 0 Å². The number of hydrogen-bond acceptors (Lipinski definition) is 2. The fraction of sp³-hybridized carbons (Fsp3) is 0.235. The minimum atomic E-state index is -0.727. The number of hydrogen-bond donors (Lipinski definition) is 1. The molecule has 0 radical (unpaired) electrons. The van der Waals surface area contributed by atoms with Crippen LogP contribution in [0.1, 0.15) is 35.3 Å². The third-order valence-corrected chi connectivity index (χ3v) is 3.63. The van der Waals surface area contributed by atoms with E-state index in [0.29, 0.717) is 16.8 Å². The highest BCUT2D eigenvalue weighted by molar-refractivity contribution is 6.03. The molecule has 20 heavy (non-hydrogen) atoms. The normalized spacial score (nSPS) is 11.4. The van der Waals surface area contributed by atoms with Crippen molar-refractivity contribution in [3.05, 3.63) is 65.0 Å². The van der Waals surface area contributed by atoms with Crippen molar-refractivity contribution >= 4 is 11.5 Å². The molecule has 0 aliphatic carbocycles. The number of carbonyl (C=O) groups is 1. The molecule has 104 valence electrons. The van der Waals surface area contributed by atoms with E-state index in [4.69, 9.17) is 5.73 Å². The van der Waals surface area contributed by atoms with E-state index in [0.717, 1.165) is 5.56 Å². The van der Waals surface area contributed by atoms with Gasteiger partial charge in [0.1, 0.15) is 5.82 Å². The molecule has 2 rings (SSSR count). The topological polar surface area (TPSA) is 43.1 Å². The molecule has 0 fully saturated rings. The molecule has 2 aromatic rings. The van der Waals surface area contributed by atoms with E-state index >= 15 is 0 Å². The van der Waals surface area contributed by atoms with Crippen LogP contribution in [0.25, 0.3) is 0 Å². The van der Waals surface area contributed by atoms with Crippen LogP contribution in [0.15, 0.2) is 42.5 Å². The summed E-state index contributed by atoms with van der Waals surface area (Å²) in [4.78, 5) is 12.6. The lowest BCUT2D eigenvalue weighted by Crippen LogP contribution is -2.29. The van der Waals surface area contributed by atoms with Crippen molar-refractivity contribution < 1.29 is 9.18 Å². The summed E-state index contributed by atoms with van der Waals surface area (Å²) in [6, 6.07) is 11.8. The number of anilines is 1. The van der Waals surface area contributed by atoms with E-state index in [1.165, 1.54) is 6.07 Å². The van der Waals surface area contributed by atoms with Crippen LogP contribution in [0.2, 0.25) is 0 Å². The molecule has 0 aromatic heterocycles. The summed E-state index contributed by atoms with van der Waals surface area (Å²) in [6.07, 6.45) is 0. The first kappa shape index (κ1) is 14.3. The monoisotopic (exact) mass is 271 g/mol. The summed E-state index contributed by atoms with van der Waals surface area (Å²) in [6.45, 7) is 5.34. The van der Waals surface area contributed by atoms with Crippen molar-refractivity contribution in [2.75, 3.05) is 5.73 Å². The molecule has 0 bridgehead atoms. The van der Waals surface area contributed by atoms with Gasteiger partial charge in [-0.1, -0.05) is 24.3 Å². The first-order valence-electron chi connectivity index (χ1n) is 6.49. The molecule has 0 unspecified atom stereocenters. The van der Waals surface area contributed by atoms with Gasteiger partial charge in [-0.25, -0.2) is 4.39 Å². The zero-order valence-corrected chi connectivity index (χ0v) is 11.9. The Morgan fingerprint density at radius 3 is 2.25 bits per heavy atom. The van der Waals surface area contributed by atoms with Gasteiger partial charge in [0.05, 0.1) is 5.41 Å². The Morgan fingerprint density at radius 1 is 1.10 bits per heavy atom. The van der Waals surface area contributed by atoms with Crippen molar-refractivity contribution in [1.29, 1.82) is 0 Å². The second-order valence-electron chi connectivity index (χ2n) is 5.54. The molecule has 2 aromatic carbocycles. The Labute approximate surface area is 118 Å². The highest BCUT2D eigenvalue weighted by Gasteiger charge is 2.30. The number of carbonyl (C=O) groups excluding carboxylic acids is 1. The number of nitrogen functional groups attached to an aromatic ring is 1. The summed E-state index contributed by atoms with van der Waals surface area (Å²) in [5, 5.41) is 0. The zero-order valence-electron chi connectivity index (χ0n) is 11.9. The third kappa shape index (κ3) is 2.57. The van der Waals surface area contributed by atoms with Gasteiger partial charge >= 0.3 is 0 Å². The summed E-state index contributed by atoms with van der Waals surface area (Å²) in [5.74, 6) is -0.467. The van der Waals surface area contributed by atoms with E-state index in [1.54, 1.807) is 31.2 Å². The molecule has 0 aliphatic rings. The standard InChI is InChI=1S/C17H18FNO/c1-11-4-5-12(10-15(11)18)16(20)17(2,3)13-6-8-14(19)9-7-13/h4-10H,19H2,1-3H3. The largest absolute Gasteiger partial charge is 0.399 e. The Bertz CT molecular complexity index is 645. The number of ketones is 1. The number of rotatable bonds is 3. The zero-order chi connectivity index (χ0) is 14.9. The van der Waals surface area contributed by atoms with Gasteiger partial charge in [0.2, 0.25) is 0 Å². The SMILES string of the molecule is Cc1ccc(C(=O)C(C)(C)c2ccc(N)cc2)cc1F. The van der Waals surface area contributed by atoms with Gasteiger partial charge in [-0.05, 0) is 50.1 Å². The van der Waals surface area contributed by atoms with Crippen LogP contribution < -0.4 is 5.73 Å². The number of aryl methyl sites for hydroxylation is 1. The maximum Gasteiger partial charge on any atom is 0.172 e. The lowest BCUT2D eigenvalue weighted by atomic mass is 9.78. The summed E-state index contributed by atoms with van der Waals surface area (Å²) < 4.78 is 13.6. The first-order chi connectivity index (χ1) is 9.32. The highest BCUT2D eigenvalue weighted by atomic mass is 19.1. The molecule has 0 spiro atoms. The van der Waals surface area contributed by atoms with E-state index < -0.39 is 5.41 Å². The predicted octanol–water partition coefficient (Wildman–Crippen LogP) is 3.88. The summed E-state index contributed by atoms with van der Waals surface area (Å²) in [5.41, 5.74) is 7.36. The maximum absolute atomic E-state index is 13.6. The van der Waals surface area contributed by atoms with Crippen molar-refractivity contribution in [3.63, 3.8) is 0 Å². The van der Waals surface area contributed by atoms with E-state index in [-0.39, 0.29) is 11.6 Å². The number of Topliss-reactive ketones (excluding diaryl/α,β-unsaturated/α-hetero) is 1. The number of halogens is 1. The van der Waals surface area contributed by atoms with Crippen LogP contribution >= 0.6 is 0 Å². The predicted molar refractivity (Wildman–Crippen MR) is 79.3 cm³/mol. The summed E-state index contributed by atoms with van der Waals surface area (Å²) >= 11 is 0. The van der Waals surface area contributed by atoms with Gasteiger partial charge in [0.15, 0.2) is 5.78 Å². The minimum absolute atomic E-state index is 0.110. The van der Waals surface area contributed by atoms with Crippen LogP contribution in [0.3, 0.4) is 0 Å². The third-order valence-electron chi connectivity index (χ3n) is 3.63. The van der Waals surface area contributed by atoms with Crippen LogP contribution in [0, 0.1) is 12.7 Å². The van der Waals surface area contributed by atoms with Crippen LogP contribution in [-0.4, -0.2) is 5.78 Å². The molecule has 0 atom stereocenters. The van der Waals surface area contributed by atoms with Crippen LogP contribution in [0.4, 0.5) is 10.1 Å². The lowest BCUT2D eigenvalue weighted by Gasteiger charge is -2.24. The van der Waals surface area contributed by atoms with E-state index in [9.17, 15) is 9.18 Å². The molecule has 3 heteroatoms. The number of benzene rings is 2. The second kappa shape index (κ2) is 5.08. The van der Waals surface area contributed by atoms with Crippen molar-refractivity contribution in [2.45, 2.75) is 26.2 Å². The molecule has 2 nitrogen and oxygen atoms in total. The summed E-state index contributed by atoms with van der Waals surface area (Å²) in [7, 11) is 0. The Balaban J connectivity index is 2.39. The average molecular weight is 271 g/mol. The fourth-order valence-corrected chi connectivity index (χ4v) is 2.13. The van der Waals surface area contributed by atoms with Gasteiger partial charge in [0, 0.05) is 11.3 Å². The Morgan fingerprint density at radius 2 is 1.70 bits per heavy atom. The van der Waals surface area contributed by atoms with Gasteiger partial charge < -0.3 is 5.73 Å². The molecular formula is C17H18FNO. The molecule has 0 aliphatic heterocycles. The Kier molecular flexibility index (Phi) is 3.62. The molecule has 0 heterocycles. The Hall–Kier alpha value is -2.16. The van der Waals surface area contributed by atoms with Crippen molar-refractivity contribution in [1.82, 2.24) is 0 Å². The first-order valence-corrected chi connectivity index (χ1v) is 6.49. The van der Waals surface area contributed by atoms with Crippen LogP contribution in [0.5, 0.6) is 0 Å². The molecular weight excluding hydrogens is 253 g/mol. The van der Waals surface area contributed by atoms with Gasteiger partial charge in [-0.3, -0.25) is 4.79 Å². The quantitative estimate of drug-likeness (QED) is 0.680. The minimum Gasteiger partial charge on any atom is -0.399 e. The average Bonchev–Trinajstić information content (AvgIpc) is 2.41. The van der Waals surface area contributed by atoms with E-state index in [1.807, 2.05) is 26.0 Å². The van der Waals surface area contributed by atoms with E-state index in [2.05, 4.69) is 0 Å². The fourth-order valence-electron chi connectivity index (χ4n) is 2.13. The maximum atomic E-state index is 13.6. The van der Waals surface area contributed by atoms with Gasteiger partial charge in [-0.15, -0.1) is 0 Å². The van der Waals surface area contributed by atoms with Crippen molar-refractivity contribution in [3.8, 4) is 0 Å². The lowest BCUT2D eigenvalue weighted by molar-refractivity contribution is 0.0908. The highest BCUT2D eigenvalue weighted by Crippen LogP contribution is 2.28. The van der Waals surface area contributed by atoms with Gasteiger partial charge in [-0.2, -0.15) is 0 Å². The second-order valence-corrected chi connectivity index (χ2v) is 5.54. The molecule has 2 N–H and O–H groups in total. The van der Waals surface area contributed by atoms with Crippen LogP contribution in [-0.2, 0) is 5.41 Å². The number of nitrogens with two attached hydrogens (primary N) is 1. The smallest absolute Gasteiger partial charge is 0.172 e. The molecule has 0 saturated heterocycles. The van der Waals surface area contributed by atoms with Crippen molar-refractivity contribution in [2.24, 2.45) is 0 Å².